The fourth-order valence-corrected chi connectivity index (χ4v) is 2.48. The summed E-state index contributed by atoms with van der Waals surface area (Å²) < 4.78 is 21.0. The van der Waals surface area contributed by atoms with Gasteiger partial charge in [0.05, 0.1) is 6.61 Å². The van der Waals surface area contributed by atoms with Crippen molar-refractivity contribution in [2.75, 3.05) is 6.61 Å². The normalized spacial score (nSPS) is 12.3. The van der Waals surface area contributed by atoms with E-state index in [4.69, 9.17) is 4.74 Å². The summed E-state index contributed by atoms with van der Waals surface area (Å²) in [6, 6.07) is 4.31. The van der Waals surface area contributed by atoms with Crippen molar-refractivity contribution in [1.82, 2.24) is 9.78 Å². The number of aliphatic hydroxyl groups is 1. The van der Waals surface area contributed by atoms with Gasteiger partial charge < -0.3 is 9.84 Å². The maximum absolute atomic E-state index is 14.0. The molecular weight excluding hydrogens is 355 g/mol. The molecule has 0 amide bonds. The Hall–Kier alpha value is -1.73. The number of nitrogens with zero attached hydrogens (tertiary/aromatic N) is 2. The van der Waals surface area contributed by atoms with Crippen LogP contribution in [0.1, 0.15) is 40.3 Å². The van der Waals surface area contributed by atoms with Crippen molar-refractivity contribution in [2.45, 2.75) is 20.0 Å². The van der Waals surface area contributed by atoms with Gasteiger partial charge in [-0.1, -0.05) is 22.0 Å². The van der Waals surface area contributed by atoms with Gasteiger partial charge in [0.1, 0.15) is 23.2 Å². The summed E-state index contributed by atoms with van der Waals surface area (Å²) in [5, 5.41) is 14.6. The molecule has 1 aromatic carbocycles. The van der Waals surface area contributed by atoms with Crippen LogP contribution in [-0.4, -0.2) is 27.5 Å². The Balaban J connectivity index is 2.52. The van der Waals surface area contributed by atoms with Crippen molar-refractivity contribution in [1.29, 1.82) is 0 Å². The Morgan fingerprint density at radius 1 is 1.55 bits per heavy atom. The summed E-state index contributed by atoms with van der Waals surface area (Å²) in [6.45, 7) is 3.58. The molecule has 2 rings (SSSR count). The summed E-state index contributed by atoms with van der Waals surface area (Å²) in [5.41, 5.74) is 0.843. The Bertz CT molecular complexity index is 715. The number of ether oxygens (including phenoxy) is 1. The van der Waals surface area contributed by atoms with Gasteiger partial charge in [-0.2, -0.15) is 5.10 Å². The largest absolute Gasteiger partial charge is 0.462 e. The van der Waals surface area contributed by atoms with Crippen LogP contribution >= 0.6 is 15.9 Å². The number of aliphatic hydroxyl groups excluding tert-OH is 1. The average molecular weight is 371 g/mol. The maximum Gasteiger partial charge on any atom is 0.342 e. The molecule has 0 saturated heterocycles. The van der Waals surface area contributed by atoms with E-state index in [0.29, 0.717) is 10.2 Å². The first-order chi connectivity index (χ1) is 10.4. The number of benzene rings is 1. The van der Waals surface area contributed by atoms with Crippen molar-refractivity contribution in [3.8, 4) is 0 Å². The van der Waals surface area contributed by atoms with Gasteiger partial charge in [-0.05, 0) is 26.0 Å². The number of aryl methyl sites for hydroxylation is 1. The summed E-state index contributed by atoms with van der Waals surface area (Å²) in [7, 11) is 1.65. The van der Waals surface area contributed by atoms with Crippen LogP contribution in [0.25, 0.3) is 0 Å². The SMILES string of the molecule is CCOC(=O)c1c(C(O)c2ccc(Br)cc2F)nn(C)c1C. The van der Waals surface area contributed by atoms with Crippen LogP contribution in [0, 0.1) is 12.7 Å². The molecule has 0 bridgehead atoms. The van der Waals surface area contributed by atoms with Crippen LogP contribution in [-0.2, 0) is 11.8 Å². The first-order valence-electron chi connectivity index (χ1n) is 6.70. The highest BCUT2D eigenvalue weighted by Crippen LogP contribution is 2.29. The van der Waals surface area contributed by atoms with E-state index >= 15 is 0 Å². The third-order valence-corrected chi connectivity index (χ3v) is 3.85. The van der Waals surface area contributed by atoms with E-state index < -0.39 is 17.9 Å². The minimum atomic E-state index is -1.35. The predicted octanol–water partition coefficient (Wildman–Crippen LogP) is 2.89. The number of carbonyl (C=O) groups is 1. The number of carbonyl (C=O) groups excluding carboxylic acids is 1. The van der Waals surface area contributed by atoms with Crippen molar-refractivity contribution >= 4 is 21.9 Å². The van der Waals surface area contributed by atoms with E-state index in [1.165, 1.54) is 16.8 Å². The molecule has 7 heteroatoms. The van der Waals surface area contributed by atoms with Gasteiger partial charge in [-0.15, -0.1) is 0 Å². The van der Waals surface area contributed by atoms with Gasteiger partial charge in [0.25, 0.3) is 0 Å². The highest BCUT2D eigenvalue weighted by atomic mass is 79.9. The van der Waals surface area contributed by atoms with Crippen molar-refractivity contribution in [2.24, 2.45) is 7.05 Å². The highest BCUT2D eigenvalue weighted by molar-refractivity contribution is 9.10. The first kappa shape index (κ1) is 16.6. The average Bonchev–Trinajstić information content (AvgIpc) is 2.74. The Kier molecular flexibility index (Phi) is 4.97. The molecule has 1 atom stereocenters. The fraction of sp³-hybridized carbons (Fsp3) is 0.333. The zero-order valence-electron chi connectivity index (χ0n) is 12.4. The molecule has 2 aromatic rings. The van der Waals surface area contributed by atoms with E-state index in [9.17, 15) is 14.3 Å². The Morgan fingerprint density at radius 3 is 2.82 bits per heavy atom. The topological polar surface area (TPSA) is 64.3 Å². The molecule has 1 N–H and O–H groups in total. The quantitative estimate of drug-likeness (QED) is 0.840. The summed E-state index contributed by atoms with van der Waals surface area (Å²) in [4.78, 5) is 12.1. The van der Waals surface area contributed by atoms with E-state index in [1.807, 2.05) is 0 Å². The molecule has 1 heterocycles. The van der Waals surface area contributed by atoms with Gasteiger partial charge in [0, 0.05) is 22.8 Å². The molecule has 0 radical (unpaired) electrons. The molecular formula is C15H16BrFN2O3. The van der Waals surface area contributed by atoms with Gasteiger partial charge in [0.15, 0.2) is 0 Å². The molecule has 0 aliphatic heterocycles. The Labute approximate surface area is 135 Å². The second-order valence-corrected chi connectivity index (χ2v) is 5.67. The van der Waals surface area contributed by atoms with Gasteiger partial charge in [-0.25, -0.2) is 9.18 Å². The molecule has 5 nitrogen and oxygen atoms in total. The lowest BCUT2D eigenvalue weighted by Gasteiger charge is -2.12. The van der Waals surface area contributed by atoms with Crippen LogP contribution in [0.3, 0.4) is 0 Å². The number of halogens is 2. The number of aromatic nitrogens is 2. The second kappa shape index (κ2) is 6.58. The predicted molar refractivity (Wildman–Crippen MR) is 82.1 cm³/mol. The van der Waals surface area contributed by atoms with E-state index in [1.54, 1.807) is 27.0 Å². The summed E-state index contributed by atoms with van der Waals surface area (Å²) in [5.74, 6) is -1.17. The van der Waals surface area contributed by atoms with E-state index in [2.05, 4.69) is 21.0 Å². The molecule has 0 aliphatic carbocycles. The lowest BCUT2D eigenvalue weighted by Crippen LogP contribution is -2.12. The molecule has 118 valence electrons. The second-order valence-electron chi connectivity index (χ2n) is 4.76. The monoisotopic (exact) mass is 370 g/mol. The van der Waals surface area contributed by atoms with Gasteiger partial charge in [-0.3, -0.25) is 4.68 Å². The lowest BCUT2D eigenvalue weighted by molar-refractivity contribution is 0.0520. The van der Waals surface area contributed by atoms with Crippen molar-refractivity contribution < 1.29 is 19.0 Å². The molecule has 0 saturated carbocycles. The van der Waals surface area contributed by atoms with E-state index in [0.717, 1.165) is 0 Å². The minimum absolute atomic E-state index is 0.0480. The van der Waals surface area contributed by atoms with Crippen LogP contribution in [0.5, 0.6) is 0 Å². The van der Waals surface area contributed by atoms with Gasteiger partial charge in [0.2, 0.25) is 0 Å². The van der Waals surface area contributed by atoms with Crippen LogP contribution < -0.4 is 0 Å². The molecule has 0 fully saturated rings. The van der Waals surface area contributed by atoms with Gasteiger partial charge >= 0.3 is 5.97 Å². The molecule has 22 heavy (non-hydrogen) atoms. The fourth-order valence-electron chi connectivity index (χ4n) is 2.15. The minimum Gasteiger partial charge on any atom is -0.462 e. The Morgan fingerprint density at radius 2 is 2.23 bits per heavy atom. The molecule has 1 unspecified atom stereocenters. The molecule has 0 spiro atoms. The van der Waals surface area contributed by atoms with Crippen LogP contribution in [0.2, 0.25) is 0 Å². The third kappa shape index (κ3) is 3.05. The smallest absolute Gasteiger partial charge is 0.342 e. The number of esters is 1. The molecule has 0 aliphatic rings. The standard InChI is InChI=1S/C15H16BrFN2O3/c1-4-22-15(21)12-8(2)19(3)18-13(12)14(20)10-6-5-9(16)7-11(10)17/h5-7,14,20H,4H2,1-3H3. The van der Waals surface area contributed by atoms with Crippen LogP contribution in [0.15, 0.2) is 22.7 Å². The van der Waals surface area contributed by atoms with Crippen molar-refractivity contribution in [3.63, 3.8) is 0 Å². The first-order valence-corrected chi connectivity index (χ1v) is 7.49. The third-order valence-electron chi connectivity index (χ3n) is 3.36. The van der Waals surface area contributed by atoms with Crippen LogP contribution in [0.4, 0.5) is 4.39 Å². The summed E-state index contributed by atoms with van der Waals surface area (Å²) >= 11 is 3.16. The zero-order chi connectivity index (χ0) is 16.4. The lowest BCUT2D eigenvalue weighted by atomic mass is 10.0. The number of hydrogen-bond donors (Lipinski definition) is 1. The maximum atomic E-state index is 14.0. The van der Waals surface area contributed by atoms with E-state index in [-0.39, 0.29) is 23.4 Å². The zero-order valence-corrected chi connectivity index (χ0v) is 14.0. The number of hydrogen-bond acceptors (Lipinski definition) is 4. The highest BCUT2D eigenvalue weighted by Gasteiger charge is 2.28. The summed E-state index contributed by atoms with van der Waals surface area (Å²) in [6.07, 6.45) is -1.35. The molecule has 1 aromatic heterocycles. The number of rotatable bonds is 4. The van der Waals surface area contributed by atoms with Crippen molar-refractivity contribution in [3.05, 3.63) is 51.0 Å².